The minimum absolute atomic E-state index is 0.0559. The number of ether oxygens (including phenoxy) is 1. The first kappa shape index (κ1) is 32.6. The molecule has 220 valence electrons. The molecular weight excluding hydrogens is 631 g/mol. The lowest BCUT2D eigenvalue weighted by Crippen LogP contribution is -2.36. The minimum Gasteiger partial charge on any atom is -0.444 e. The number of likely N-dealkylation sites (tertiary alicyclic amines) is 1. The number of carbonyl (C=O) groups is 2. The summed E-state index contributed by atoms with van der Waals surface area (Å²) in [5.74, 6) is 0.303. The van der Waals surface area contributed by atoms with Crippen LogP contribution in [0.1, 0.15) is 61.2 Å². The molecule has 0 radical (unpaired) electrons. The lowest BCUT2D eigenvalue weighted by Gasteiger charge is -2.22. The first-order valence-corrected chi connectivity index (χ1v) is 15.1. The molecule has 2 aromatic carbocycles. The number of benzene rings is 2. The van der Waals surface area contributed by atoms with Crippen LogP contribution in [0.15, 0.2) is 39.7 Å². The number of rotatable bonds is 9. The summed E-state index contributed by atoms with van der Waals surface area (Å²) in [4.78, 5) is 27.7. The van der Waals surface area contributed by atoms with Crippen molar-refractivity contribution in [2.75, 3.05) is 25.4 Å². The Hall–Kier alpha value is -1.95. The zero-order valence-corrected chi connectivity index (χ0v) is 26.0. The number of hydrogen-bond acceptors (Lipinski definition) is 5. The van der Waals surface area contributed by atoms with Crippen LogP contribution >= 0.6 is 39.3 Å². The Balaban J connectivity index is 1.69. The fourth-order valence-electron chi connectivity index (χ4n) is 4.43. The van der Waals surface area contributed by atoms with Gasteiger partial charge in [-0.15, -0.1) is 11.8 Å². The van der Waals surface area contributed by atoms with Crippen LogP contribution in [0.4, 0.5) is 18.0 Å². The summed E-state index contributed by atoms with van der Waals surface area (Å²) in [6.07, 6.45) is -4.43. The van der Waals surface area contributed by atoms with Gasteiger partial charge in [0, 0.05) is 46.1 Å². The Morgan fingerprint density at radius 3 is 2.55 bits per heavy atom. The third-order valence-electron chi connectivity index (χ3n) is 6.21. The molecule has 0 spiro atoms. The van der Waals surface area contributed by atoms with Gasteiger partial charge in [0.2, 0.25) is 0 Å². The van der Waals surface area contributed by atoms with Crippen molar-refractivity contribution in [3.8, 4) is 0 Å². The van der Waals surface area contributed by atoms with Crippen molar-refractivity contribution in [1.82, 2.24) is 15.5 Å². The van der Waals surface area contributed by atoms with E-state index < -0.39 is 29.3 Å². The summed E-state index contributed by atoms with van der Waals surface area (Å²) < 4.78 is 47.9. The molecule has 1 saturated heterocycles. The van der Waals surface area contributed by atoms with Crippen LogP contribution in [-0.4, -0.2) is 47.9 Å². The number of halogens is 5. The monoisotopic (exact) mass is 663 g/mol. The van der Waals surface area contributed by atoms with E-state index in [1.807, 2.05) is 17.9 Å². The Bertz CT molecular complexity index is 1220. The Labute approximate surface area is 250 Å². The van der Waals surface area contributed by atoms with Gasteiger partial charge in [0.1, 0.15) is 5.60 Å². The quantitative estimate of drug-likeness (QED) is 0.272. The van der Waals surface area contributed by atoms with E-state index in [1.54, 1.807) is 44.7 Å². The van der Waals surface area contributed by atoms with E-state index in [4.69, 9.17) is 16.3 Å². The maximum Gasteiger partial charge on any atom is 0.416 e. The molecule has 40 heavy (non-hydrogen) atoms. The standard InChI is InChI=1S/C28H34BrClF3N3O3S/c1-5-40-24-7-6-20(30)10-19(24)14-34-25(37)18-11-22(28(31,32)33)21(23(29)12-18)16-36-9-8-17(15-36)13-35-26(38)39-27(2,3)4/h6-7,10-12,17H,5,8-9,13-16H2,1-4H3,(H,34,37)(H,35,38). The van der Waals surface area contributed by atoms with Gasteiger partial charge in [-0.25, -0.2) is 4.79 Å². The molecule has 2 N–H and O–H groups in total. The Morgan fingerprint density at radius 2 is 1.90 bits per heavy atom. The van der Waals surface area contributed by atoms with Crippen LogP contribution in [0, 0.1) is 5.92 Å². The molecule has 6 nitrogen and oxygen atoms in total. The molecule has 0 aromatic heterocycles. The topological polar surface area (TPSA) is 70.7 Å². The van der Waals surface area contributed by atoms with Crippen molar-refractivity contribution < 1.29 is 27.5 Å². The predicted octanol–water partition coefficient (Wildman–Crippen LogP) is 7.51. The lowest BCUT2D eigenvalue weighted by atomic mass is 10.0. The van der Waals surface area contributed by atoms with Crippen LogP contribution in [0.3, 0.4) is 0 Å². The van der Waals surface area contributed by atoms with E-state index in [9.17, 15) is 22.8 Å². The van der Waals surface area contributed by atoms with E-state index in [0.29, 0.717) is 24.7 Å². The van der Waals surface area contributed by atoms with Gasteiger partial charge in [0.25, 0.3) is 5.91 Å². The molecule has 2 amide bonds. The average Bonchev–Trinajstić information content (AvgIpc) is 3.29. The highest BCUT2D eigenvalue weighted by Gasteiger charge is 2.36. The Morgan fingerprint density at radius 1 is 1.18 bits per heavy atom. The van der Waals surface area contributed by atoms with Crippen molar-refractivity contribution >= 4 is 51.3 Å². The van der Waals surface area contributed by atoms with Gasteiger partial charge in [0.15, 0.2) is 0 Å². The van der Waals surface area contributed by atoms with Crippen LogP contribution in [0.5, 0.6) is 0 Å². The molecule has 1 aliphatic rings. The number of nitrogens with one attached hydrogen (secondary N) is 2. The molecule has 1 fully saturated rings. The zero-order valence-electron chi connectivity index (χ0n) is 22.9. The zero-order chi connectivity index (χ0) is 29.7. The molecule has 2 aromatic rings. The van der Waals surface area contributed by atoms with Gasteiger partial charge in [-0.05, 0) is 86.9 Å². The van der Waals surface area contributed by atoms with Gasteiger partial charge < -0.3 is 15.4 Å². The number of nitrogens with zero attached hydrogens (tertiary/aromatic N) is 1. The van der Waals surface area contributed by atoms with Crippen molar-refractivity contribution in [1.29, 1.82) is 0 Å². The first-order chi connectivity index (χ1) is 18.7. The summed E-state index contributed by atoms with van der Waals surface area (Å²) in [5.41, 5.74) is -0.685. The van der Waals surface area contributed by atoms with Gasteiger partial charge in [-0.1, -0.05) is 34.5 Å². The van der Waals surface area contributed by atoms with E-state index in [1.165, 1.54) is 6.07 Å². The molecule has 12 heteroatoms. The number of thioether (sulfide) groups is 1. The highest BCUT2D eigenvalue weighted by molar-refractivity contribution is 9.10. The number of carbonyl (C=O) groups excluding carboxylic acids is 2. The van der Waals surface area contributed by atoms with Crippen LogP contribution < -0.4 is 10.6 Å². The highest BCUT2D eigenvalue weighted by atomic mass is 79.9. The summed E-state index contributed by atoms with van der Waals surface area (Å²) in [6, 6.07) is 7.70. The molecular formula is C28H34BrClF3N3O3S. The van der Waals surface area contributed by atoms with Crippen molar-refractivity contribution in [3.63, 3.8) is 0 Å². The van der Waals surface area contributed by atoms with Gasteiger partial charge in [-0.2, -0.15) is 13.2 Å². The number of alkyl halides is 3. The second kappa shape index (κ2) is 13.8. The van der Waals surface area contributed by atoms with Crippen LogP contribution in [0.2, 0.25) is 5.02 Å². The van der Waals surface area contributed by atoms with Crippen molar-refractivity contribution in [2.45, 2.75) is 63.9 Å². The van der Waals surface area contributed by atoms with Gasteiger partial charge in [0.05, 0.1) is 5.56 Å². The number of alkyl carbamates (subject to hydrolysis) is 1. The number of hydrogen-bond donors (Lipinski definition) is 2. The summed E-state index contributed by atoms with van der Waals surface area (Å²) in [6.45, 7) is 9.01. The van der Waals surface area contributed by atoms with Gasteiger partial charge in [-0.3, -0.25) is 9.69 Å². The molecule has 0 bridgehead atoms. The van der Waals surface area contributed by atoms with Crippen LogP contribution in [0.25, 0.3) is 0 Å². The SMILES string of the molecule is CCSc1ccc(Cl)cc1CNC(=O)c1cc(Br)c(CN2CCC(CNC(=O)OC(C)(C)C)C2)c(C(F)(F)F)c1. The second-order valence-corrected chi connectivity index (χ2v) is 13.2. The second-order valence-electron chi connectivity index (χ2n) is 10.6. The fraction of sp³-hybridized carbons (Fsp3) is 0.500. The number of amides is 2. The Kier molecular flexibility index (Phi) is 11.2. The van der Waals surface area contributed by atoms with E-state index >= 15 is 0 Å². The minimum atomic E-state index is -4.65. The maximum absolute atomic E-state index is 14.2. The smallest absolute Gasteiger partial charge is 0.416 e. The van der Waals surface area contributed by atoms with Gasteiger partial charge >= 0.3 is 12.3 Å². The molecule has 1 unspecified atom stereocenters. The van der Waals surface area contributed by atoms with Crippen molar-refractivity contribution in [3.05, 3.63) is 62.1 Å². The third kappa shape index (κ3) is 9.56. The largest absolute Gasteiger partial charge is 0.444 e. The van der Waals surface area contributed by atoms with Crippen LogP contribution in [-0.2, 0) is 24.0 Å². The third-order valence-corrected chi connectivity index (χ3v) is 8.15. The highest BCUT2D eigenvalue weighted by Crippen LogP contribution is 2.38. The van der Waals surface area contributed by atoms with E-state index in [-0.39, 0.29) is 34.6 Å². The van der Waals surface area contributed by atoms with Crippen molar-refractivity contribution in [2.24, 2.45) is 5.92 Å². The predicted molar refractivity (Wildman–Crippen MR) is 156 cm³/mol. The fourth-order valence-corrected chi connectivity index (χ4v) is 6.00. The maximum atomic E-state index is 14.2. The molecule has 1 aliphatic heterocycles. The molecule has 0 aliphatic carbocycles. The summed E-state index contributed by atoms with van der Waals surface area (Å²) >= 11 is 11.0. The first-order valence-electron chi connectivity index (χ1n) is 12.9. The summed E-state index contributed by atoms with van der Waals surface area (Å²) in [7, 11) is 0. The molecule has 1 atom stereocenters. The average molecular weight is 665 g/mol. The van der Waals surface area contributed by atoms with E-state index in [2.05, 4.69) is 26.6 Å². The summed E-state index contributed by atoms with van der Waals surface area (Å²) in [5, 5.41) is 5.98. The normalized spacial score (nSPS) is 16.2. The lowest BCUT2D eigenvalue weighted by molar-refractivity contribution is -0.138. The molecule has 3 rings (SSSR count). The molecule has 1 heterocycles. The van der Waals surface area contributed by atoms with E-state index in [0.717, 1.165) is 28.7 Å². The molecule has 0 saturated carbocycles.